The average molecular weight is 329 g/mol. The molecule has 5 nitrogen and oxygen atoms in total. The van der Waals surface area contributed by atoms with Crippen molar-refractivity contribution in [1.29, 1.82) is 0 Å². The summed E-state index contributed by atoms with van der Waals surface area (Å²) in [6, 6.07) is 1.96. The van der Waals surface area contributed by atoms with Crippen molar-refractivity contribution in [3.63, 3.8) is 0 Å². The summed E-state index contributed by atoms with van der Waals surface area (Å²) >= 11 is 1.54. The zero-order valence-corrected chi connectivity index (χ0v) is 14.2. The fraction of sp³-hybridized carbons (Fsp3) is 0.412. The minimum Gasteiger partial charge on any atom is -0.386 e. The molecule has 0 saturated heterocycles. The maximum atomic E-state index is 12.4. The molecule has 1 N–H and O–H groups in total. The number of aromatic nitrogens is 2. The van der Waals surface area contributed by atoms with E-state index >= 15 is 0 Å². The maximum Gasteiger partial charge on any atom is 0.168 e. The normalized spacial score (nSPS) is 19.3. The summed E-state index contributed by atoms with van der Waals surface area (Å²) in [6.45, 7) is 5.95. The number of fused-ring (bicyclic) bond motifs is 1. The molecule has 2 aromatic heterocycles. The largest absolute Gasteiger partial charge is 0.386 e. The zero-order valence-electron chi connectivity index (χ0n) is 13.4. The minimum absolute atomic E-state index is 0.120. The van der Waals surface area contributed by atoms with E-state index in [1.807, 2.05) is 32.2 Å². The van der Waals surface area contributed by atoms with E-state index in [-0.39, 0.29) is 28.6 Å². The van der Waals surface area contributed by atoms with Crippen molar-refractivity contribution < 1.29 is 9.59 Å². The van der Waals surface area contributed by atoms with Gasteiger partial charge >= 0.3 is 0 Å². The van der Waals surface area contributed by atoms with Crippen LogP contribution in [-0.2, 0) is 9.59 Å². The van der Waals surface area contributed by atoms with Crippen LogP contribution >= 0.6 is 11.3 Å². The fourth-order valence-electron chi connectivity index (χ4n) is 2.67. The Morgan fingerprint density at radius 2 is 1.91 bits per heavy atom. The summed E-state index contributed by atoms with van der Waals surface area (Å²) in [6.07, 6.45) is 3.70. The number of allylic oxidation sites excluding steroid dienone is 1. The summed E-state index contributed by atoms with van der Waals surface area (Å²) in [5.41, 5.74) is 0.896. The molecular weight excluding hydrogens is 310 g/mol. The van der Waals surface area contributed by atoms with Gasteiger partial charge in [-0.2, -0.15) is 0 Å². The van der Waals surface area contributed by atoms with E-state index < -0.39 is 0 Å². The van der Waals surface area contributed by atoms with Crippen LogP contribution in [0, 0.1) is 0 Å². The van der Waals surface area contributed by atoms with Gasteiger partial charge in [0.25, 0.3) is 0 Å². The second-order valence-corrected chi connectivity index (χ2v) is 7.70. The van der Waals surface area contributed by atoms with Gasteiger partial charge in [-0.15, -0.1) is 11.3 Å². The predicted molar refractivity (Wildman–Crippen MR) is 90.4 cm³/mol. The third-order valence-electron chi connectivity index (χ3n) is 3.79. The maximum absolute atomic E-state index is 12.4. The molecular formula is C17H19N3O2S. The minimum atomic E-state index is -0.181. The molecule has 0 unspecified atom stereocenters. The first kappa shape index (κ1) is 15.8. The van der Waals surface area contributed by atoms with E-state index in [0.29, 0.717) is 12.8 Å². The third-order valence-corrected chi connectivity index (χ3v) is 4.61. The van der Waals surface area contributed by atoms with Gasteiger partial charge in [-0.05, 0) is 32.2 Å². The van der Waals surface area contributed by atoms with Crippen molar-refractivity contribution in [3.8, 4) is 0 Å². The van der Waals surface area contributed by atoms with Gasteiger partial charge < -0.3 is 5.32 Å². The number of nitrogens with one attached hydrogen (secondary N) is 1. The third kappa shape index (κ3) is 3.32. The molecule has 0 radical (unpaired) electrons. The molecule has 23 heavy (non-hydrogen) atoms. The molecule has 0 aromatic carbocycles. The zero-order chi connectivity index (χ0) is 16.6. The lowest BCUT2D eigenvalue weighted by molar-refractivity contribution is -0.124. The smallest absolute Gasteiger partial charge is 0.168 e. The van der Waals surface area contributed by atoms with Crippen LogP contribution in [0.15, 0.2) is 29.5 Å². The number of carbonyl (C=O) groups is 2. The van der Waals surface area contributed by atoms with Gasteiger partial charge in [-0.1, -0.05) is 0 Å². The van der Waals surface area contributed by atoms with Gasteiger partial charge in [-0.25, -0.2) is 9.97 Å². The molecule has 2 heterocycles. The van der Waals surface area contributed by atoms with E-state index in [2.05, 4.69) is 15.3 Å². The molecule has 1 aliphatic carbocycles. The summed E-state index contributed by atoms with van der Waals surface area (Å²) in [5, 5.41) is 6.00. The fourth-order valence-corrected chi connectivity index (χ4v) is 3.41. The topological polar surface area (TPSA) is 72.0 Å². The number of rotatable bonds is 2. The Bertz CT molecular complexity index is 782. The van der Waals surface area contributed by atoms with E-state index in [1.54, 1.807) is 6.20 Å². The standard InChI is InChI=1S/C17H19N3O2S/c1-17(2,3)20-8-12-13(21)6-10(7-14(12)22)15-11-4-5-23-16(11)19-9-18-15/h4-5,8-10,20H,6-7H2,1-3H3. The van der Waals surface area contributed by atoms with Gasteiger partial charge in [0.05, 0.1) is 11.3 Å². The number of nitrogens with zero attached hydrogens (tertiary/aromatic N) is 2. The molecule has 0 aliphatic heterocycles. The number of hydrogen-bond donors (Lipinski definition) is 1. The molecule has 0 spiro atoms. The van der Waals surface area contributed by atoms with E-state index in [4.69, 9.17) is 0 Å². The molecule has 1 fully saturated rings. The molecule has 1 aliphatic rings. The van der Waals surface area contributed by atoms with Crippen LogP contribution in [0.5, 0.6) is 0 Å². The first-order chi connectivity index (χ1) is 10.8. The SMILES string of the molecule is CC(C)(C)NC=C1C(=O)CC(c2ncnc3sccc23)CC1=O. The Morgan fingerprint density at radius 3 is 2.57 bits per heavy atom. The van der Waals surface area contributed by atoms with Crippen LogP contribution in [0.3, 0.4) is 0 Å². The second kappa shape index (κ2) is 5.85. The highest BCUT2D eigenvalue weighted by molar-refractivity contribution is 7.16. The first-order valence-electron chi connectivity index (χ1n) is 7.57. The average Bonchev–Trinajstić information content (AvgIpc) is 2.93. The Balaban J connectivity index is 1.86. The molecule has 0 bridgehead atoms. The lowest BCUT2D eigenvalue weighted by Gasteiger charge is -2.24. The lowest BCUT2D eigenvalue weighted by Crippen LogP contribution is -2.34. The number of Topliss-reactive ketones (excluding diaryl/α,β-unsaturated/α-hetero) is 2. The lowest BCUT2D eigenvalue weighted by atomic mass is 9.81. The van der Waals surface area contributed by atoms with Crippen LogP contribution in [0.4, 0.5) is 0 Å². The summed E-state index contributed by atoms with van der Waals surface area (Å²) < 4.78 is 0. The van der Waals surface area contributed by atoms with Gasteiger partial charge in [0.15, 0.2) is 11.6 Å². The van der Waals surface area contributed by atoms with Crippen LogP contribution in [0.1, 0.15) is 45.2 Å². The highest BCUT2D eigenvalue weighted by Crippen LogP contribution is 2.34. The van der Waals surface area contributed by atoms with Crippen LogP contribution < -0.4 is 5.32 Å². The van der Waals surface area contributed by atoms with Gasteiger partial charge in [0, 0.05) is 35.9 Å². The second-order valence-electron chi connectivity index (χ2n) is 6.80. The number of ketones is 2. The molecule has 2 aromatic rings. The molecule has 1 saturated carbocycles. The van der Waals surface area contributed by atoms with E-state index in [1.165, 1.54) is 17.7 Å². The van der Waals surface area contributed by atoms with Crippen molar-refractivity contribution in [1.82, 2.24) is 15.3 Å². The van der Waals surface area contributed by atoms with Crippen molar-refractivity contribution in [3.05, 3.63) is 35.2 Å². The Morgan fingerprint density at radius 1 is 1.22 bits per heavy atom. The number of hydrogen-bond acceptors (Lipinski definition) is 6. The monoisotopic (exact) mass is 329 g/mol. The van der Waals surface area contributed by atoms with E-state index in [9.17, 15) is 9.59 Å². The molecule has 3 rings (SSSR count). The van der Waals surface area contributed by atoms with Crippen molar-refractivity contribution in [2.75, 3.05) is 0 Å². The summed E-state index contributed by atoms with van der Waals surface area (Å²) in [4.78, 5) is 34.3. The summed E-state index contributed by atoms with van der Waals surface area (Å²) in [7, 11) is 0. The van der Waals surface area contributed by atoms with Gasteiger partial charge in [0.1, 0.15) is 11.2 Å². The van der Waals surface area contributed by atoms with Crippen LogP contribution in [0.2, 0.25) is 0 Å². The van der Waals surface area contributed by atoms with Gasteiger partial charge in [-0.3, -0.25) is 9.59 Å². The Hall–Kier alpha value is -2.08. The molecule has 0 atom stereocenters. The number of thiophene rings is 1. The van der Waals surface area contributed by atoms with Crippen LogP contribution in [0.25, 0.3) is 10.2 Å². The Kier molecular flexibility index (Phi) is 4.02. The molecule has 120 valence electrons. The number of carbonyl (C=O) groups excluding carboxylic acids is 2. The van der Waals surface area contributed by atoms with Crippen molar-refractivity contribution in [2.24, 2.45) is 0 Å². The molecule has 0 amide bonds. The summed E-state index contributed by atoms with van der Waals surface area (Å²) in [5.74, 6) is -0.406. The molecule has 6 heteroatoms. The van der Waals surface area contributed by atoms with E-state index in [0.717, 1.165) is 15.9 Å². The first-order valence-corrected chi connectivity index (χ1v) is 8.45. The van der Waals surface area contributed by atoms with Crippen molar-refractivity contribution >= 4 is 33.1 Å². The van der Waals surface area contributed by atoms with Gasteiger partial charge in [0.2, 0.25) is 0 Å². The van der Waals surface area contributed by atoms with Crippen molar-refractivity contribution in [2.45, 2.75) is 45.1 Å². The predicted octanol–water partition coefficient (Wildman–Crippen LogP) is 2.98. The van der Waals surface area contributed by atoms with Crippen LogP contribution in [-0.4, -0.2) is 27.1 Å². The highest BCUT2D eigenvalue weighted by Gasteiger charge is 2.33. The quantitative estimate of drug-likeness (QED) is 0.677. The Labute approximate surface area is 138 Å². The highest BCUT2D eigenvalue weighted by atomic mass is 32.1.